The van der Waals surface area contributed by atoms with E-state index in [1.165, 1.54) is 19.5 Å². The molecular weight excluding hydrogens is 296 g/mol. The van der Waals surface area contributed by atoms with Crippen LogP contribution < -0.4 is 14.8 Å². The fraction of sp³-hybridized carbons (Fsp3) is 0.286. The SMILES string of the molecule is COc1ccccc1OCC(=O)Nc1cnn(CC(F)F)c1. The van der Waals surface area contributed by atoms with Gasteiger partial charge in [0.05, 0.1) is 19.0 Å². The predicted octanol–water partition coefficient (Wildman–Crippen LogP) is 2.17. The summed E-state index contributed by atoms with van der Waals surface area (Å²) in [6.07, 6.45) is 0.119. The predicted molar refractivity (Wildman–Crippen MR) is 75.3 cm³/mol. The van der Waals surface area contributed by atoms with Crippen molar-refractivity contribution in [2.24, 2.45) is 0 Å². The summed E-state index contributed by atoms with van der Waals surface area (Å²) >= 11 is 0. The molecule has 1 aromatic heterocycles. The highest BCUT2D eigenvalue weighted by Crippen LogP contribution is 2.25. The number of ether oxygens (including phenoxy) is 2. The lowest BCUT2D eigenvalue weighted by Crippen LogP contribution is -2.20. The fourth-order valence-corrected chi connectivity index (χ4v) is 1.75. The average Bonchev–Trinajstić information content (AvgIpc) is 2.91. The topological polar surface area (TPSA) is 65.4 Å². The van der Waals surface area contributed by atoms with Gasteiger partial charge in [-0.15, -0.1) is 0 Å². The van der Waals surface area contributed by atoms with Crippen LogP contribution in [-0.2, 0) is 11.3 Å². The van der Waals surface area contributed by atoms with Crippen LogP contribution in [-0.4, -0.2) is 35.8 Å². The molecule has 8 heteroatoms. The number of halogens is 2. The summed E-state index contributed by atoms with van der Waals surface area (Å²) in [5.74, 6) is 0.524. The number of para-hydroxylation sites is 2. The molecule has 0 atom stereocenters. The number of aromatic nitrogens is 2. The van der Waals surface area contributed by atoms with Crippen molar-refractivity contribution >= 4 is 11.6 Å². The molecule has 2 rings (SSSR count). The van der Waals surface area contributed by atoms with Crippen LogP contribution in [0.3, 0.4) is 0 Å². The number of carbonyl (C=O) groups is 1. The number of benzene rings is 1. The van der Waals surface area contributed by atoms with E-state index in [9.17, 15) is 13.6 Å². The Hall–Kier alpha value is -2.64. The van der Waals surface area contributed by atoms with Gasteiger partial charge in [-0.1, -0.05) is 12.1 Å². The van der Waals surface area contributed by atoms with Gasteiger partial charge in [0.25, 0.3) is 12.3 Å². The Kier molecular flexibility index (Phi) is 5.29. The van der Waals surface area contributed by atoms with Gasteiger partial charge in [-0.05, 0) is 12.1 Å². The van der Waals surface area contributed by atoms with Crippen LogP contribution in [0.15, 0.2) is 36.7 Å². The van der Waals surface area contributed by atoms with E-state index in [2.05, 4.69) is 10.4 Å². The van der Waals surface area contributed by atoms with E-state index in [-0.39, 0.29) is 6.61 Å². The summed E-state index contributed by atoms with van der Waals surface area (Å²) in [7, 11) is 1.50. The van der Waals surface area contributed by atoms with Crippen molar-refractivity contribution in [3.63, 3.8) is 0 Å². The smallest absolute Gasteiger partial charge is 0.262 e. The Balaban J connectivity index is 1.86. The second-order valence-corrected chi connectivity index (χ2v) is 4.33. The molecule has 2 aromatic rings. The number of nitrogens with zero attached hydrogens (tertiary/aromatic N) is 2. The Morgan fingerprint density at radius 1 is 1.36 bits per heavy atom. The average molecular weight is 311 g/mol. The van der Waals surface area contributed by atoms with E-state index in [1.54, 1.807) is 24.3 Å². The van der Waals surface area contributed by atoms with Crippen LogP contribution in [0, 0.1) is 0 Å². The number of hydrogen-bond donors (Lipinski definition) is 1. The normalized spacial score (nSPS) is 10.5. The molecule has 1 aromatic carbocycles. The van der Waals surface area contributed by atoms with Gasteiger partial charge in [-0.25, -0.2) is 8.78 Å². The summed E-state index contributed by atoms with van der Waals surface area (Å²) in [5.41, 5.74) is 0.328. The monoisotopic (exact) mass is 311 g/mol. The standard InChI is InChI=1S/C14H15F2N3O3/c1-21-11-4-2-3-5-12(11)22-9-14(20)18-10-6-17-19(7-10)8-13(15)16/h2-7,13H,8-9H2,1H3,(H,18,20). The highest BCUT2D eigenvalue weighted by Gasteiger charge is 2.10. The molecule has 0 aliphatic carbocycles. The zero-order valence-electron chi connectivity index (χ0n) is 11.8. The summed E-state index contributed by atoms with van der Waals surface area (Å²) in [5, 5.41) is 6.23. The Bertz CT molecular complexity index is 631. The molecule has 22 heavy (non-hydrogen) atoms. The van der Waals surface area contributed by atoms with Crippen molar-refractivity contribution in [3.05, 3.63) is 36.7 Å². The first-order chi connectivity index (χ1) is 10.6. The number of rotatable bonds is 7. The summed E-state index contributed by atoms with van der Waals surface area (Å²) in [4.78, 5) is 11.8. The van der Waals surface area contributed by atoms with E-state index >= 15 is 0 Å². The van der Waals surface area contributed by atoms with Crippen molar-refractivity contribution in [2.45, 2.75) is 13.0 Å². The van der Waals surface area contributed by atoms with Gasteiger partial charge in [0.1, 0.15) is 6.54 Å². The Labute approximate surface area is 125 Å². The summed E-state index contributed by atoms with van der Waals surface area (Å²) in [6.45, 7) is -0.756. The lowest BCUT2D eigenvalue weighted by atomic mass is 10.3. The molecule has 0 saturated carbocycles. The van der Waals surface area contributed by atoms with Crippen molar-refractivity contribution in [1.29, 1.82) is 0 Å². The highest BCUT2D eigenvalue weighted by atomic mass is 19.3. The van der Waals surface area contributed by atoms with E-state index in [0.717, 1.165) is 4.68 Å². The molecular formula is C14H15F2N3O3. The molecule has 1 heterocycles. The molecule has 0 fully saturated rings. The van der Waals surface area contributed by atoms with Crippen molar-refractivity contribution in [3.8, 4) is 11.5 Å². The molecule has 0 spiro atoms. The molecule has 0 saturated heterocycles. The van der Waals surface area contributed by atoms with Crippen LogP contribution in [0.2, 0.25) is 0 Å². The molecule has 0 aliphatic rings. The van der Waals surface area contributed by atoms with Crippen LogP contribution in [0.25, 0.3) is 0 Å². The second kappa shape index (κ2) is 7.39. The largest absolute Gasteiger partial charge is 0.493 e. The third-order valence-electron chi connectivity index (χ3n) is 2.67. The van der Waals surface area contributed by atoms with E-state index < -0.39 is 18.9 Å². The minimum absolute atomic E-state index is 0.236. The lowest BCUT2D eigenvalue weighted by Gasteiger charge is -2.09. The molecule has 1 N–H and O–H groups in total. The van der Waals surface area contributed by atoms with Crippen molar-refractivity contribution in [1.82, 2.24) is 9.78 Å². The van der Waals surface area contributed by atoms with Gasteiger partial charge >= 0.3 is 0 Å². The number of hydrogen-bond acceptors (Lipinski definition) is 4. The number of amides is 1. The quantitative estimate of drug-likeness (QED) is 0.851. The molecule has 0 radical (unpaired) electrons. The van der Waals surface area contributed by atoms with E-state index in [1.807, 2.05) is 0 Å². The maximum absolute atomic E-state index is 12.2. The first kappa shape index (κ1) is 15.7. The van der Waals surface area contributed by atoms with E-state index in [4.69, 9.17) is 9.47 Å². The van der Waals surface area contributed by atoms with E-state index in [0.29, 0.717) is 17.2 Å². The number of carbonyl (C=O) groups excluding carboxylic acids is 1. The number of methoxy groups -OCH3 is 1. The third kappa shape index (κ3) is 4.44. The molecule has 0 aliphatic heterocycles. The van der Waals surface area contributed by atoms with Crippen LogP contribution in [0.4, 0.5) is 14.5 Å². The molecule has 1 amide bonds. The Morgan fingerprint density at radius 3 is 2.77 bits per heavy atom. The van der Waals surface area contributed by atoms with Gasteiger partial charge in [-0.2, -0.15) is 5.10 Å². The lowest BCUT2D eigenvalue weighted by molar-refractivity contribution is -0.118. The maximum atomic E-state index is 12.2. The van der Waals surface area contributed by atoms with Gasteiger partial charge in [0.2, 0.25) is 0 Å². The van der Waals surface area contributed by atoms with Crippen LogP contribution in [0.1, 0.15) is 0 Å². The van der Waals surface area contributed by atoms with Gasteiger partial charge in [0, 0.05) is 6.20 Å². The van der Waals surface area contributed by atoms with Crippen molar-refractivity contribution in [2.75, 3.05) is 19.0 Å². The Morgan fingerprint density at radius 2 is 2.09 bits per heavy atom. The zero-order chi connectivity index (χ0) is 15.9. The molecule has 118 valence electrons. The number of alkyl halides is 2. The second-order valence-electron chi connectivity index (χ2n) is 4.33. The molecule has 6 nitrogen and oxygen atoms in total. The third-order valence-corrected chi connectivity index (χ3v) is 2.67. The molecule has 0 unspecified atom stereocenters. The minimum atomic E-state index is -2.50. The molecule has 0 bridgehead atoms. The van der Waals surface area contributed by atoms with Crippen LogP contribution in [0.5, 0.6) is 11.5 Å². The maximum Gasteiger partial charge on any atom is 0.262 e. The summed E-state index contributed by atoms with van der Waals surface area (Å²) < 4.78 is 35.9. The number of anilines is 1. The van der Waals surface area contributed by atoms with Crippen LogP contribution >= 0.6 is 0 Å². The minimum Gasteiger partial charge on any atom is -0.493 e. The van der Waals surface area contributed by atoms with Gasteiger partial charge in [-0.3, -0.25) is 9.48 Å². The summed E-state index contributed by atoms with van der Waals surface area (Å²) in [6, 6.07) is 6.92. The first-order valence-corrected chi connectivity index (χ1v) is 6.44. The van der Waals surface area contributed by atoms with Crippen molar-refractivity contribution < 1.29 is 23.0 Å². The highest BCUT2D eigenvalue weighted by molar-refractivity contribution is 5.91. The zero-order valence-corrected chi connectivity index (χ0v) is 11.8. The fourth-order valence-electron chi connectivity index (χ4n) is 1.75. The van der Waals surface area contributed by atoms with Gasteiger partial charge < -0.3 is 14.8 Å². The number of nitrogens with one attached hydrogen (secondary N) is 1. The first-order valence-electron chi connectivity index (χ1n) is 6.44. The van der Waals surface area contributed by atoms with Gasteiger partial charge in [0.15, 0.2) is 18.1 Å².